The van der Waals surface area contributed by atoms with E-state index in [1.165, 1.54) is 19.3 Å². The first-order valence-corrected chi connectivity index (χ1v) is 9.50. The number of aliphatic hydroxyl groups excluding tert-OH is 2. The molecule has 0 radical (unpaired) electrons. The minimum atomic E-state index is -0.489. The normalized spacial score (nSPS) is 17.4. The molecule has 0 aliphatic heterocycles. The largest absolute Gasteiger partial charge is 0.395 e. The molecule has 0 saturated carbocycles. The van der Waals surface area contributed by atoms with Gasteiger partial charge in [0, 0.05) is 24.4 Å². The predicted octanol–water partition coefficient (Wildman–Crippen LogP) is 2.28. The lowest BCUT2D eigenvalue weighted by Crippen LogP contribution is -2.42. The van der Waals surface area contributed by atoms with E-state index in [-0.39, 0.29) is 17.9 Å². The van der Waals surface area contributed by atoms with Crippen LogP contribution in [0.3, 0.4) is 0 Å². The maximum absolute atomic E-state index is 9.93. The van der Waals surface area contributed by atoms with Crippen molar-refractivity contribution in [3.05, 3.63) is 0 Å². The van der Waals surface area contributed by atoms with Crippen LogP contribution in [0.15, 0.2) is 0 Å². The van der Waals surface area contributed by atoms with E-state index in [4.69, 9.17) is 4.74 Å². The van der Waals surface area contributed by atoms with Crippen LogP contribution in [0.5, 0.6) is 0 Å². The van der Waals surface area contributed by atoms with E-state index in [1.54, 1.807) is 11.8 Å². The Labute approximate surface area is 135 Å². The quantitative estimate of drug-likeness (QED) is 0.458. The summed E-state index contributed by atoms with van der Waals surface area (Å²) in [5.41, 5.74) is 0. The molecule has 4 nitrogen and oxygen atoms in total. The van der Waals surface area contributed by atoms with Crippen molar-refractivity contribution in [2.24, 2.45) is 5.92 Å². The van der Waals surface area contributed by atoms with Crippen molar-refractivity contribution in [3.63, 3.8) is 0 Å². The molecule has 3 N–H and O–H groups in total. The molecule has 128 valence electrons. The molecule has 0 aromatic heterocycles. The number of hydrogen-bond donors (Lipinski definition) is 3. The number of hydrogen-bond acceptors (Lipinski definition) is 5. The van der Waals surface area contributed by atoms with Crippen LogP contribution in [-0.4, -0.2) is 60.2 Å². The Morgan fingerprint density at radius 3 is 2.48 bits per heavy atom. The van der Waals surface area contributed by atoms with Crippen molar-refractivity contribution in [1.29, 1.82) is 0 Å². The molecule has 0 bridgehead atoms. The third-order valence-electron chi connectivity index (χ3n) is 3.92. The molecule has 0 amide bonds. The standard InChI is InChI=1S/C16H35NO3S/c1-5-7-8-14(6-2)11-20-12-15(19)9-17-13(3)16(10-18)21-4/h13-19H,5-12H2,1-4H3. The number of unbranched alkanes of at least 4 members (excludes halogenated alkanes) is 1. The van der Waals surface area contributed by atoms with Crippen molar-refractivity contribution in [2.45, 2.75) is 63.9 Å². The van der Waals surface area contributed by atoms with Crippen molar-refractivity contribution in [1.82, 2.24) is 5.32 Å². The number of aliphatic hydroxyl groups is 2. The molecular weight excluding hydrogens is 286 g/mol. The summed E-state index contributed by atoms with van der Waals surface area (Å²) in [5, 5.41) is 22.6. The summed E-state index contributed by atoms with van der Waals surface area (Å²) in [6.07, 6.45) is 6.32. The van der Waals surface area contributed by atoms with E-state index < -0.39 is 6.10 Å². The van der Waals surface area contributed by atoms with Gasteiger partial charge in [-0.15, -0.1) is 0 Å². The SMILES string of the molecule is CCCCC(CC)COCC(O)CNC(C)C(CO)SC. The summed E-state index contributed by atoms with van der Waals surface area (Å²) in [4.78, 5) is 0. The molecule has 0 aliphatic carbocycles. The number of thioether (sulfide) groups is 1. The van der Waals surface area contributed by atoms with E-state index in [2.05, 4.69) is 19.2 Å². The van der Waals surface area contributed by atoms with Gasteiger partial charge in [-0.1, -0.05) is 33.1 Å². The predicted molar refractivity (Wildman–Crippen MR) is 92.0 cm³/mol. The maximum Gasteiger partial charge on any atom is 0.0897 e. The highest BCUT2D eigenvalue weighted by molar-refractivity contribution is 7.99. The van der Waals surface area contributed by atoms with Crippen molar-refractivity contribution in [2.75, 3.05) is 32.6 Å². The Bertz CT molecular complexity index is 228. The third-order valence-corrected chi connectivity index (χ3v) is 5.09. The van der Waals surface area contributed by atoms with Gasteiger partial charge in [-0.3, -0.25) is 0 Å². The molecule has 0 rings (SSSR count). The highest BCUT2D eigenvalue weighted by Crippen LogP contribution is 2.13. The van der Waals surface area contributed by atoms with Crippen LogP contribution in [0.4, 0.5) is 0 Å². The van der Waals surface area contributed by atoms with Crippen LogP contribution in [0, 0.1) is 5.92 Å². The molecule has 4 atom stereocenters. The molecule has 21 heavy (non-hydrogen) atoms. The molecule has 0 heterocycles. The molecular formula is C16H35NO3S. The molecule has 0 aromatic rings. The fraction of sp³-hybridized carbons (Fsp3) is 1.00. The topological polar surface area (TPSA) is 61.7 Å². The third kappa shape index (κ3) is 10.5. The lowest BCUT2D eigenvalue weighted by molar-refractivity contribution is 0.0183. The monoisotopic (exact) mass is 321 g/mol. The highest BCUT2D eigenvalue weighted by atomic mass is 32.2. The molecule has 5 heteroatoms. The highest BCUT2D eigenvalue weighted by Gasteiger charge is 2.16. The Morgan fingerprint density at radius 1 is 1.24 bits per heavy atom. The maximum atomic E-state index is 9.93. The Hall–Kier alpha value is 0.190. The van der Waals surface area contributed by atoms with Crippen LogP contribution >= 0.6 is 11.8 Å². The lowest BCUT2D eigenvalue weighted by atomic mass is 10.0. The van der Waals surface area contributed by atoms with Crippen molar-refractivity contribution in [3.8, 4) is 0 Å². The zero-order chi connectivity index (χ0) is 16.1. The van der Waals surface area contributed by atoms with Gasteiger partial charge in [-0.05, 0) is 25.5 Å². The fourth-order valence-corrected chi connectivity index (χ4v) is 2.87. The minimum Gasteiger partial charge on any atom is -0.395 e. The Balaban J connectivity index is 3.76. The van der Waals surface area contributed by atoms with Gasteiger partial charge in [-0.25, -0.2) is 0 Å². The summed E-state index contributed by atoms with van der Waals surface area (Å²) < 4.78 is 5.65. The molecule has 4 unspecified atom stereocenters. The lowest BCUT2D eigenvalue weighted by Gasteiger charge is -2.23. The van der Waals surface area contributed by atoms with Crippen LogP contribution in [0.2, 0.25) is 0 Å². The summed E-state index contributed by atoms with van der Waals surface area (Å²) in [6.45, 7) is 8.21. The average Bonchev–Trinajstić information content (AvgIpc) is 2.49. The van der Waals surface area contributed by atoms with Gasteiger partial charge in [-0.2, -0.15) is 11.8 Å². The van der Waals surface area contributed by atoms with Crippen LogP contribution < -0.4 is 5.32 Å². The Morgan fingerprint density at radius 2 is 1.95 bits per heavy atom. The Kier molecular flexibility index (Phi) is 14.0. The van der Waals surface area contributed by atoms with Gasteiger partial charge in [0.2, 0.25) is 0 Å². The number of ether oxygens (including phenoxy) is 1. The molecule has 0 aliphatic rings. The van der Waals surface area contributed by atoms with Crippen LogP contribution in [-0.2, 0) is 4.74 Å². The van der Waals surface area contributed by atoms with Gasteiger partial charge < -0.3 is 20.3 Å². The summed E-state index contributed by atoms with van der Waals surface area (Å²) in [5.74, 6) is 0.610. The van der Waals surface area contributed by atoms with Crippen LogP contribution in [0.25, 0.3) is 0 Å². The van der Waals surface area contributed by atoms with E-state index in [0.717, 1.165) is 13.0 Å². The second kappa shape index (κ2) is 13.8. The zero-order valence-corrected chi connectivity index (χ0v) is 15.0. The fourth-order valence-electron chi connectivity index (χ4n) is 2.22. The van der Waals surface area contributed by atoms with E-state index in [9.17, 15) is 10.2 Å². The summed E-state index contributed by atoms with van der Waals surface area (Å²) in [7, 11) is 0. The average molecular weight is 322 g/mol. The van der Waals surface area contributed by atoms with Gasteiger partial charge in [0.15, 0.2) is 0 Å². The van der Waals surface area contributed by atoms with E-state index >= 15 is 0 Å². The van der Waals surface area contributed by atoms with Crippen LogP contribution in [0.1, 0.15) is 46.5 Å². The minimum absolute atomic E-state index is 0.150. The van der Waals surface area contributed by atoms with Gasteiger partial charge in [0.05, 0.1) is 19.3 Å². The van der Waals surface area contributed by atoms with Crippen molar-refractivity contribution >= 4 is 11.8 Å². The smallest absolute Gasteiger partial charge is 0.0897 e. The first-order valence-electron chi connectivity index (χ1n) is 8.21. The number of nitrogens with one attached hydrogen (secondary N) is 1. The molecule has 0 saturated heterocycles. The van der Waals surface area contributed by atoms with Gasteiger partial charge in [0.25, 0.3) is 0 Å². The molecule has 0 aromatic carbocycles. The summed E-state index contributed by atoms with van der Waals surface area (Å²) >= 11 is 1.64. The first-order chi connectivity index (χ1) is 10.1. The molecule has 0 spiro atoms. The van der Waals surface area contributed by atoms with Gasteiger partial charge in [0.1, 0.15) is 0 Å². The van der Waals surface area contributed by atoms with Gasteiger partial charge >= 0.3 is 0 Å². The molecule has 0 fully saturated rings. The van der Waals surface area contributed by atoms with E-state index in [1.807, 2.05) is 13.2 Å². The first kappa shape index (κ1) is 21.2. The van der Waals surface area contributed by atoms with E-state index in [0.29, 0.717) is 19.1 Å². The summed E-state index contributed by atoms with van der Waals surface area (Å²) in [6, 6.07) is 0.174. The van der Waals surface area contributed by atoms with Crippen molar-refractivity contribution < 1.29 is 14.9 Å². The number of rotatable bonds is 14. The second-order valence-electron chi connectivity index (χ2n) is 5.76. The zero-order valence-electron chi connectivity index (χ0n) is 14.2. The second-order valence-corrected chi connectivity index (χ2v) is 6.84.